The van der Waals surface area contributed by atoms with Gasteiger partial charge in [-0.05, 0) is 25.6 Å². The van der Waals surface area contributed by atoms with Crippen LogP contribution in [-0.2, 0) is 16.1 Å². The molecule has 0 spiro atoms. The average molecular weight is 428 g/mol. The second kappa shape index (κ2) is 9.26. The maximum atomic E-state index is 14.3. The molecule has 2 aliphatic heterocycles. The Labute approximate surface area is 163 Å². The number of amides is 1. The predicted molar refractivity (Wildman–Crippen MR) is 102 cm³/mol. The SMILES string of the molecule is CN1CCN(CCN(Cc2ccc(Br)cc2F)C(=O)[C@@H]2CCOC2)CC1. The summed E-state index contributed by atoms with van der Waals surface area (Å²) in [4.78, 5) is 19.4. The van der Waals surface area contributed by atoms with Crippen LogP contribution in [0.5, 0.6) is 0 Å². The monoisotopic (exact) mass is 427 g/mol. The maximum Gasteiger partial charge on any atom is 0.228 e. The molecule has 1 atom stereocenters. The van der Waals surface area contributed by atoms with Crippen LogP contribution in [0.4, 0.5) is 4.39 Å². The first-order valence-corrected chi connectivity index (χ1v) is 10.0. The van der Waals surface area contributed by atoms with E-state index in [-0.39, 0.29) is 17.6 Å². The quantitative estimate of drug-likeness (QED) is 0.696. The Morgan fingerprint density at radius 2 is 2.12 bits per heavy atom. The van der Waals surface area contributed by atoms with Crippen LogP contribution in [0.2, 0.25) is 0 Å². The molecule has 5 nitrogen and oxygen atoms in total. The van der Waals surface area contributed by atoms with Gasteiger partial charge < -0.3 is 14.5 Å². The number of hydrogen-bond donors (Lipinski definition) is 0. The molecule has 0 bridgehead atoms. The second-order valence-corrected chi connectivity index (χ2v) is 8.12. The molecule has 7 heteroatoms. The van der Waals surface area contributed by atoms with Gasteiger partial charge in [-0.25, -0.2) is 4.39 Å². The van der Waals surface area contributed by atoms with E-state index in [1.807, 2.05) is 11.0 Å². The Hall–Kier alpha value is -1.02. The molecule has 26 heavy (non-hydrogen) atoms. The predicted octanol–water partition coefficient (Wildman–Crippen LogP) is 2.20. The van der Waals surface area contributed by atoms with Crippen LogP contribution in [0.25, 0.3) is 0 Å². The highest BCUT2D eigenvalue weighted by Gasteiger charge is 2.29. The van der Waals surface area contributed by atoms with Crippen LogP contribution >= 0.6 is 15.9 Å². The van der Waals surface area contributed by atoms with Crippen molar-refractivity contribution in [2.45, 2.75) is 13.0 Å². The van der Waals surface area contributed by atoms with Crippen molar-refractivity contribution in [1.82, 2.24) is 14.7 Å². The fourth-order valence-corrected chi connectivity index (χ4v) is 3.78. The lowest BCUT2D eigenvalue weighted by atomic mass is 10.1. The Balaban J connectivity index is 1.65. The summed E-state index contributed by atoms with van der Waals surface area (Å²) < 4.78 is 20.4. The fraction of sp³-hybridized carbons (Fsp3) is 0.632. The lowest BCUT2D eigenvalue weighted by molar-refractivity contribution is -0.136. The smallest absolute Gasteiger partial charge is 0.228 e. The van der Waals surface area contributed by atoms with Gasteiger partial charge in [-0.3, -0.25) is 9.69 Å². The van der Waals surface area contributed by atoms with E-state index in [1.54, 1.807) is 6.07 Å². The molecule has 0 radical (unpaired) electrons. The van der Waals surface area contributed by atoms with Crippen LogP contribution in [0, 0.1) is 11.7 Å². The molecule has 0 aliphatic carbocycles. The molecule has 1 aromatic rings. The number of halogens is 2. The minimum atomic E-state index is -0.278. The van der Waals surface area contributed by atoms with Gasteiger partial charge in [-0.1, -0.05) is 22.0 Å². The Morgan fingerprint density at radius 3 is 2.77 bits per heavy atom. The second-order valence-electron chi connectivity index (χ2n) is 7.20. The minimum Gasteiger partial charge on any atom is -0.381 e. The highest BCUT2D eigenvalue weighted by Crippen LogP contribution is 2.20. The first kappa shape index (κ1) is 19.7. The molecule has 1 amide bonds. The van der Waals surface area contributed by atoms with Crippen LogP contribution in [0.15, 0.2) is 22.7 Å². The number of benzene rings is 1. The summed E-state index contributed by atoms with van der Waals surface area (Å²) >= 11 is 3.29. The number of ether oxygens (including phenoxy) is 1. The van der Waals surface area contributed by atoms with Gasteiger partial charge >= 0.3 is 0 Å². The standard InChI is InChI=1S/C19H27BrFN3O2/c1-22-5-7-23(8-6-22)9-10-24(19(25)16-4-11-26-14-16)13-15-2-3-17(20)12-18(15)21/h2-3,12,16H,4-11,13-14H2,1H3/t16-/m1/s1. The largest absolute Gasteiger partial charge is 0.381 e. The van der Waals surface area contributed by atoms with Crippen LogP contribution in [0.1, 0.15) is 12.0 Å². The van der Waals surface area contributed by atoms with Gasteiger partial charge in [0.25, 0.3) is 0 Å². The van der Waals surface area contributed by atoms with E-state index >= 15 is 0 Å². The fourth-order valence-electron chi connectivity index (χ4n) is 3.44. The van der Waals surface area contributed by atoms with Crippen molar-refractivity contribution in [3.8, 4) is 0 Å². The van der Waals surface area contributed by atoms with E-state index in [4.69, 9.17) is 4.74 Å². The molecule has 0 unspecified atom stereocenters. The van der Waals surface area contributed by atoms with Crippen LogP contribution in [-0.4, -0.2) is 80.1 Å². The van der Waals surface area contributed by atoms with E-state index in [9.17, 15) is 9.18 Å². The van der Waals surface area contributed by atoms with Crippen molar-refractivity contribution in [2.75, 3.05) is 59.5 Å². The summed E-state index contributed by atoms with van der Waals surface area (Å²) in [7, 11) is 2.13. The van der Waals surface area contributed by atoms with Crippen molar-refractivity contribution in [2.24, 2.45) is 5.92 Å². The van der Waals surface area contributed by atoms with Crippen molar-refractivity contribution in [3.63, 3.8) is 0 Å². The van der Waals surface area contributed by atoms with Crippen molar-refractivity contribution in [1.29, 1.82) is 0 Å². The zero-order chi connectivity index (χ0) is 18.5. The van der Waals surface area contributed by atoms with E-state index in [1.165, 1.54) is 6.07 Å². The molecule has 2 fully saturated rings. The molecule has 144 valence electrons. The molecule has 2 aliphatic rings. The lowest BCUT2D eigenvalue weighted by Crippen LogP contribution is -2.48. The topological polar surface area (TPSA) is 36.0 Å². The van der Waals surface area contributed by atoms with E-state index in [2.05, 4.69) is 32.8 Å². The third-order valence-electron chi connectivity index (χ3n) is 5.25. The number of rotatable bonds is 6. The molecule has 0 saturated carbocycles. The number of carbonyl (C=O) groups is 1. The maximum absolute atomic E-state index is 14.3. The summed E-state index contributed by atoms with van der Waals surface area (Å²) in [5.74, 6) is -0.292. The lowest BCUT2D eigenvalue weighted by Gasteiger charge is -2.34. The third-order valence-corrected chi connectivity index (χ3v) is 5.74. The van der Waals surface area contributed by atoms with Gasteiger partial charge in [-0.2, -0.15) is 0 Å². The van der Waals surface area contributed by atoms with Gasteiger partial charge in [0.05, 0.1) is 12.5 Å². The van der Waals surface area contributed by atoms with Gasteiger partial charge in [0.15, 0.2) is 0 Å². The Morgan fingerprint density at radius 1 is 1.35 bits per heavy atom. The highest BCUT2D eigenvalue weighted by atomic mass is 79.9. The highest BCUT2D eigenvalue weighted by molar-refractivity contribution is 9.10. The average Bonchev–Trinajstić information content (AvgIpc) is 3.16. The summed E-state index contributed by atoms with van der Waals surface area (Å²) in [6.07, 6.45) is 0.757. The molecule has 3 rings (SSSR count). The Bertz CT molecular complexity index is 617. The molecular formula is C19H27BrFN3O2. The van der Waals surface area contributed by atoms with Crippen molar-refractivity contribution < 1.29 is 13.9 Å². The van der Waals surface area contributed by atoms with Gasteiger partial charge in [0.2, 0.25) is 5.91 Å². The summed E-state index contributed by atoms with van der Waals surface area (Å²) in [5, 5.41) is 0. The molecular weight excluding hydrogens is 401 g/mol. The summed E-state index contributed by atoms with van der Waals surface area (Å²) in [6.45, 7) is 6.98. The third kappa shape index (κ3) is 5.25. The molecule has 1 aromatic carbocycles. The molecule has 0 aromatic heterocycles. The number of carbonyl (C=O) groups excluding carboxylic acids is 1. The molecule has 2 saturated heterocycles. The van der Waals surface area contributed by atoms with Crippen molar-refractivity contribution in [3.05, 3.63) is 34.1 Å². The number of piperazine rings is 1. The number of likely N-dealkylation sites (N-methyl/N-ethyl adjacent to an activating group) is 1. The van der Waals surface area contributed by atoms with Gasteiger partial charge in [-0.15, -0.1) is 0 Å². The van der Waals surface area contributed by atoms with E-state index in [0.717, 1.165) is 39.1 Å². The minimum absolute atomic E-state index is 0.0824. The number of hydrogen-bond acceptors (Lipinski definition) is 4. The van der Waals surface area contributed by atoms with Crippen LogP contribution < -0.4 is 0 Å². The molecule has 2 heterocycles. The zero-order valence-corrected chi connectivity index (χ0v) is 16.9. The normalized spacial score (nSPS) is 21.9. The van der Waals surface area contributed by atoms with Crippen LogP contribution in [0.3, 0.4) is 0 Å². The van der Waals surface area contributed by atoms with E-state index < -0.39 is 0 Å². The Kier molecular flexibility index (Phi) is 7.03. The first-order valence-electron chi connectivity index (χ1n) is 9.24. The van der Waals surface area contributed by atoms with Gasteiger partial charge in [0, 0.05) is 62.5 Å². The molecule has 0 N–H and O–H groups in total. The summed E-state index contributed by atoms with van der Waals surface area (Å²) in [5.41, 5.74) is 0.554. The van der Waals surface area contributed by atoms with Gasteiger partial charge in [0.1, 0.15) is 5.82 Å². The van der Waals surface area contributed by atoms with E-state index in [0.29, 0.717) is 36.3 Å². The number of nitrogens with zero attached hydrogens (tertiary/aromatic N) is 3. The van der Waals surface area contributed by atoms with Crippen molar-refractivity contribution >= 4 is 21.8 Å². The first-order chi connectivity index (χ1) is 12.5. The summed E-state index contributed by atoms with van der Waals surface area (Å²) in [6, 6.07) is 5.03. The zero-order valence-electron chi connectivity index (χ0n) is 15.3.